The number of carbonyl (C=O) groups is 1. The second-order valence-corrected chi connectivity index (χ2v) is 6.69. The van der Waals surface area contributed by atoms with Gasteiger partial charge in [0.2, 0.25) is 5.91 Å². The number of hydrogen-bond acceptors (Lipinski definition) is 3. The van der Waals surface area contributed by atoms with Gasteiger partial charge in [-0.15, -0.1) is 0 Å². The maximum absolute atomic E-state index is 12.1. The summed E-state index contributed by atoms with van der Waals surface area (Å²) >= 11 is 11.4. The highest BCUT2D eigenvalue weighted by molar-refractivity contribution is 7.71. The van der Waals surface area contributed by atoms with E-state index < -0.39 is 0 Å². The lowest BCUT2D eigenvalue weighted by Crippen LogP contribution is -2.24. The molecule has 2 N–H and O–H groups in total. The van der Waals surface area contributed by atoms with Gasteiger partial charge in [-0.3, -0.25) is 9.89 Å². The van der Waals surface area contributed by atoms with E-state index in [1.54, 1.807) is 6.08 Å². The molecule has 1 heterocycles. The molecule has 0 aliphatic heterocycles. The van der Waals surface area contributed by atoms with Crippen LogP contribution in [0.4, 0.5) is 0 Å². The van der Waals surface area contributed by atoms with Crippen LogP contribution in [0.25, 0.3) is 5.57 Å². The molecule has 1 aromatic heterocycles. The van der Waals surface area contributed by atoms with Gasteiger partial charge in [0.25, 0.3) is 0 Å². The van der Waals surface area contributed by atoms with Crippen LogP contribution >= 0.6 is 23.8 Å². The lowest BCUT2D eigenvalue weighted by molar-refractivity contribution is -0.116. The van der Waals surface area contributed by atoms with E-state index >= 15 is 0 Å². The van der Waals surface area contributed by atoms with Crippen molar-refractivity contribution in [2.75, 3.05) is 6.54 Å². The van der Waals surface area contributed by atoms with Crippen LogP contribution in [0, 0.1) is 4.77 Å². The second-order valence-electron chi connectivity index (χ2n) is 5.89. The van der Waals surface area contributed by atoms with Crippen molar-refractivity contribution in [3.05, 3.63) is 51.5 Å². The van der Waals surface area contributed by atoms with E-state index in [4.69, 9.17) is 23.8 Å². The van der Waals surface area contributed by atoms with Crippen LogP contribution in [0.15, 0.2) is 30.3 Å². The fourth-order valence-electron chi connectivity index (χ4n) is 2.63. The molecule has 1 amide bonds. The molecule has 24 heavy (non-hydrogen) atoms. The van der Waals surface area contributed by atoms with Gasteiger partial charge in [0.1, 0.15) is 5.82 Å². The summed E-state index contributed by atoms with van der Waals surface area (Å²) in [5.41, 5.74) is 1.70. The number of rotatable bonds is 6. The maximum Gasteiger partial charge on any atom is 0.244 e. The third-order valence-electron chi connectivity index (χ3n) is 3.98. The predicted octanol–water partition coefficient (Wildman–Crippen LogP) is 3.69. The van der Waals surface area contributed by atoms with Crippen molar-refractivity contribution in [3.8, 4) is 0 Å². The molecule has 7 heteroatoms. The molecule has 1 aromatic carbocycles. The summed E-state index contributed by atoms with van der Waals surface area (Å²) < 4.78 is 2.72. The van der Waals surface area contributed by atoms with Crippen molar-refractivity contribution in [1.82, 2.24) is 20.1 Å². The number of aromatic nitrogens is 3. The maximum atomic E-state index is 12.1. The van der Waals surface area contributed by atoms with Crippen LogP contribution in [0.2, 0.25) is 5.02 Å². The van der Waals surface area contributed by atoms with Gasteiger partial charge >= 0.3 is 0 Å². The smallest absolute Gasteiger partial charge is 0.244 e. The Kier molecular flexibility index (Phi) is 5.16. The zero-order valence-corrected chi connectivity index (χ0v) is 15.0. The van der Waals surface area contributed by atoms with Crippen molar-refractivity contribution in [3.63, 3.8) is 0 Å². The molecule has 1 aliphatic rings. The highest BCUT2D eigenvalue weighted by Gasteiger charge is 2.26. The molecule has 1 saturated carbocycles. The largest absolute Gasteiger partial charge is 0.352 e. The topological polar surface area (TPSA) is 62.7 Å². The number of halogens is 1. The highest BCUT2D eigenvalue weighted by Crippen LogP contribution is 2.35. The second kappa shape index (κ2) is 7.32. The van der Waals surface area contributed by atoms with E-state index in [1.165, 1.54) is 0 Å². The Labute approximate surface area is 150 Å². The summed E-state index contributed by atoms with van der Waals surface area (Å²) in [7, 11) is 0. The van der Waals surface area contributed by atoms with Gasteiger partial charge in [-0.2, -0.15) is 5.10 Å². The molecule has 0 radical (unpaired) electrons. The molecule has 0 unspecified atom stereocenters. The summed E-state index contributed by atoms with van der Waals surface area (Å²) in [5, 5.41) is 10.6. The highest BCUT2D eigenvalue weighted by atomic mass is 35.5. The van der Waals surface area contributed by atoms with Crippen molar-refractivity contribution in [2.45, 2.75) is 32.2 Å². The molecular formula is C17H19ClN4OS. The van der Waals surface area contributed by atoms with Gasteiger partial charge in [-0.05, 0) is 49.2 Å². The average molecular weight is 363 g/mol. The normalized spacial score (nSPS) is 14.7. The number of aromatic amines is 1. The van der Waals surface area contributed by atoms with Gasteiger partial charge in [-0.1, -0.05) is 29.8 Å². The first-order valence-electron chi connectivity index (χ1n) is 7.93. The lowest BCUT2D eigenvalue weighted by atomic mass is 10.1. The summed E-state index contributed by atoms with van der Waals surface area (Å²) in [5.74, 6) is 0.758. The average Bonchev–Trinajstić information content (AvgIpc) is 3.31. The minimum absolute atomic E-state index is 0.139. The number of allylic oxidation sites excluding steroid dienone is 1. The Bertz CT molecular complexity index is 835. The Morgan fingerprint density at radius 3 is 2.96 bits per heavy atom. The quantitative estimate of drug-likeness (QED) is 0.608. The van der Waals surface area contributed by atoms with E-state index in [9.17, 15) is 4.79 Å². The molecule has 0 spiro atoms. The summed E-state index contributed by atoms with van der Waals surface area (Å²) in [6, 6.07) is 7.95. The molecule has 1 fully saturated rings. The van der Waals surface area contributed by atoms with Gasteiger partial charge < -0.3 is 9.88 Å². The van der Waals surface area contributed by atoms with Gasteiger partial charge in [0.15, 0.2) is 4.77 Å². The summed E-state index contributed by atoms with van der Waals surface area (Å²) in [4.78, 5) is 12.1. The third-order valence-corrected chi connectivity index (χ3v) is 4.60. The van der Waals surface area contributed by atoms with Crippen molar-refractivity contribution < 1.29 is 4.79 Å². The van der Waals surface area contributed by atoms with Crippen LogP contribution in [0.1, 0.15) is 37.2 Å². The standard InChI is InChI=1S/C17H19ClN4OS/c1-11(13-4-2-3-5-14(13)18)10-16(23)19-9-8-15-20-21-17(24)22(15)12-6-7-12/h2-5,10,12H,6-9H2,1H3,(H,19,23)(H,21,24)/b11-10+. The molecule has 3 rings (SSSR count). The number of amides is 1. The zero-order chi connectivity index (χ0) is 17.1. The molecule has 5 nitrogen and oxygen atoms in total. The SMILES string of the molecule is C/C(=C\C(=O)NCCc1n[nH]c(=S)n1C1CC1)c1ccccc1Cl. The van der Waals surface area contributed by atoms with E-state index in [1.807, 2.05) is 31.2 Å². The number of benzene rings is 1. The molecular weight excluding hydrogens is 344 g/mol. The van der Waals surface area contributed by atoms with Gasteiger partial charge in [-0.25, -0.2) is 0 Å². The Morgan fingerprint density at radius 1 is 1.50 bits per heavy atom. The van der Waals surface area contributed by atoms with Crippen molar-refractivity contribution in [2.24, 2.45) is 0 Å². The zero-order valence-electron chi connectivity index (χ0n) is 13.4. The van der Waals surface area contributed by atoms with Crippen LogP contribution in [-0.2, 0) is 11.2 Å². The number of H-pyrrole nitrogens is 1. The molecule has 126 valence electrons. The van der Waals surface area contributed by atoms with Gasteiger partial charge in [0, 0.05) is 30.1 Å². The molecule has 1 aliphatic carbocycles. The first-order valence-corrected chi connectivity index (χ1v) is 8.71. The minimum atomic E-state index is -0.139. The predicted molar refractivity (Wildman–Crippen MR) is 97.5 cm³/mol. The first kappa shape index (κ1) is 16.9. The third kappa shape index (κ3) is 3.94. The van der Waals surface area contributed by atoms with Crippen LogP contribution in [0.3, 0.4) is 0 Å². The number of nitrogens with one attached hydrogen (secondary N) is 2. The molecule has 0 atom stereocenters. The van der Waals surface area contributed by atoms with E-state index in [0.717, 1.165) is 29.8 Å². The fraction of sp³-hybridized carbons (Fsp3) is 0.353. The Balaban J connectivity index is 1.57. The van der Waals surface area contributed by atoms with E-state index in [0.29, 0.717) is 28.8 Å². The van der Waals surface area contributed by atoms with Crippen LogP contribution in [-0.4, -0.2) is 27.2 Å². The molecule has 2 aromatic rings. The Hall–Kier alpha value is -1.92. The van der Waals surface area contributed by atoms with Gasteiger partial charge in [0.05, 0.1) is 0 Å². The molecule has 0 saturated heterocycles. The molecule has 0 bridgehead atoms. The van der Waals surface area contributed by atoms with Crippen LogP contribution < -0.4 is 5.32 Å². The van der Waals surface area contributed by atoms with E-state index in [2.05, 4.69) is 20.1 Å². The number of hydrogen-bond donors (Lipinski definition) is 2. The summed E-state index contributed by atoms with van der Waals surface area (Å²) in [6.07, 6.45) is 4.51. The number of nitrogens with zero attached hydrogens (tertiary/aromatic N) is 2. The monoisotopic (exact) mass is 362 g/mol. The summed E-state index contributed by atoms with van der Waals surface area (Å²) in [6.45, 7) is 2.39. The van der Waals surface area contributed by atoms with E-state index in [-0.39, 0.29) is 5.91 Å². The van der Waals surface area contributed by atoms with Crippen molar-refractivity contribution in [1.29, 1.82) is 0 Å². The minimum Gasteiger partial charge on any atom is -0.352 e. The number of carbonyl (C=O) groups excluding carboxylic acids is 1. The van der Waals surface area contributed by atoms with Crippen LogP contribution in [0.5, 0.6) is 0 Å². The lowest BCUT2D eigenvalue weighted by Gasteiger charge is -2.07. The first-order chi connectivity index (χ1) is 11.6. The Morgan fingerprint density at radius 2 is 2.25 bits per heavy atom. The van der Waals surface area contributed by atoms with Crippen molar-refractivity contribution >= 4 is 35.3 Å². The fourth-order valence-corrected chi connectivity index (χ4v) is 3.21.